The minimum Gasteiger partial charge on any atom is -0.493 e. The van der Waals surface area contributed by atoms with Crippen LogP contribution in [0.2, 0.25) is 0 Å². The van der Waals surface area contributed by atoms with Gasteiger partial charge in [0, 0.05) is 12.5 Å². The van der Waals surface area contributed by atoms with Crippen LogP contribution in [-0.2, 0) is 9.53 Å². The van der Waals surface area contributed by atoms with Crippen molar-refractivity contribution in [2.75, 3.05) is 20.3 Å². The molecule has 0 fully saturated rings. The molecule has 0 atom stereocenters. The molecule has 0 aliphatic carbocycles. The molecule has 4 heteroatoms. The normalized spacial score (nSPS) is 10.5. The zero-order valence-electron chi connectivity index (χ0n) is 13.1. The van der Waals surface area contributed by atoms with Crippen LogP contribution in [0, 0.1) is 0 Å². The summed E-state index contributed by atoms with van der Waals surface area (Å²) in [5, 5.41) is 0. The molecule has 0 amide bonds. The summed E-state index contributed by atoms with van der Waals surface area (Å²) in [6.45, 7) is 0.767. The number of carbonyl (C=O) groups excluding carboxylic acids is 1. The van der Waals surface area contributed by atoms with Crippen LogP contribution in [0.15, 0.2) is 60.7 Å². The van der Waals surface area contributed by atoms with Crippen LogP contribution in [0.3, 0.4) is 0 Å². The first-order chi connectivity index (χ1) is 11.3. The Kier molecular flexibility index (Phi) is 6.72. The summed E-state index contributed by atoms with van der Waals surface area (Å²) >= 11 is 0. The minimum atomic E-state index is -0.355. The summed E-state index contributed by atoms with van der Waals surface area (Å²) in [5.74, 6) is 1.02. The topological polar surface area (TPSA) is 44.8 Å². The Balaban J connectivity index is 1.65. The van der Waals surface area contributed by atoms with Gasteiger partial charge in [0.1, 0.15) is 0 Å². The quantitative estimate of drug-likeness (QED) is 0.423. The molecule has 0 aliphatic heterocycles. The van der Waals surface area contributed by atoms with Crippen molar-refractivity contribution >= 4 is 12.0 Å². The van der Waals surface area contributed by atoms with Gasteiger partial charge in [0.05, 0.1) is 20.3 Å². The monoisotopic (exact) mass is 312 g/mol. The SMILES string of the molecule is COc1ccccc1OCCCOC(=O)C=Cc1ccccc1. The molecule has 0 aromatic heterocycles. The van der Waals surface area contributed by atoms with E-state index in [9.17, 15) is 4.79 Å². The smallest absolute Gasteiger partial charge is 0.330 e. The van der Waals surface area contributed by atoms with E-state index in [1.165, 1.54) is 6.08 Å². The lowest BCUT2D eigenvalue weighted by Gasteiger charge is -2.10. The summed E-state index contributed by atoms with van der Waals surface area (Å²) in [4.78, 5) is 11.6. The fraction of sp³-hybridized carbons (Fsp3) is 0.211. The third-order valence-corrected chi connectivity index (χ3v) is 3.07. The Morgan fingerprint density at radius 3 is 2.39 bits per heavy atom. The molecule has 2 aromatic rings. The van der Waals surface area contributed by atoms with Crippen LogP contribution in [0.5, 0.6) is 11.5 Å². The highest BCUT2D eigenvalue weighted by molar-refractivity contribution is 5.86. The zero-order chi connectivity index (χ0) is 16.3. The van der Waals surface area contributed by atoms with E-state index in [1.54, 1.807) is 13.2 Å². The molecule has 0 saturated heterocycles. The van der Waals surface area contributed by atoms with E-state index >= 15 is 0 Å². The molecule has 0 bridgehead atoms. The van der Waals surface area contributed by atoms with E-state index in [-0.39, 0.29) is 5.97 Å². The number of methoxy groups -OCH3 is 1. The van der Waals surface area contributed by atoms with Gasteiger partial charge < -0.3 is 14.2 Å². The highest BCUT2D eigenvalue weighted by atomic mass is 16.5. The molecule has 0 spiro atoms. The minimum absolute atomic E-state index is 0.313. The van der Waals surface area contributed by atoms with Gasteiger partial charge in [-0.25, -0.2) is 4.79 Å². The van der Waals surface area contributed by atoms with Gasteiger partial charge in [0.25, 0.3) is 0 Å². The van der Waals surface area contributed by atoms with Gasteiger partial charge in [0.15, 0.2) is 11.5 Å². The average Bonchev–Trinajstić information content (AvgIpc) is 2.61. The number of benzene rings is 2. The molecule has 2 rings (SSSR count). The van der Waals surface area contributed by atoms with Crippen molar-refractivity contribution in [2.45, 2.75) is 6.42 Å². The lowest BCUT2D eigenvalue weighted by molar-refractivity contribution is -0.137. The Labute approximate surface area is 136 Å². The predicted octanol–water partition coefficient (Wildman–Crippen LogP) is 3.72. The van der Waals surface area contributed by atoms with Gasteiger partial charge in [-0.1, -0.05) is 42.5 Å². The maximum atomic E-state index is 11.6. The number of para-hydroxylation sites is 2. The molecule has 23 heavy (non-hydrogen) atoms. The van der Waals surface area contributed by atoms with E-state index in [0.717, 1.165) is 5.56 Å². The highest BCUT2D eigenvalue weighted by Crippen LogP contribution is 2.25. The fourth-order valence-corrected chi connectivity index (χ4v) is 1.93. The molecular weight excluding hydrogens is 292 g/mol. The molecule has 0 saturated carbocycles. The summed E-state index contributed by atoms with van der Waals surface area (Å²) < 4.78 is 15.9. The molecule has 0 radical (unpaired) electrons. The number of hydrogen-bond donors (Lipinski definition) is 0. The van der Waals surface area contributed by atoms with Crippen molar-refractivity contribution in [3.63, 3.8) is 0 Å². The van der Waals surface area contributed by atoms with Crippen LogP contribution in [0.4, 0.5) is 0 Å². The Bertz CT molecular complexity index is 635. The van der Waals surface area contributed by atoms with Crippen molar-refractivity contribution < 1.29 is 19.0 Å². The van der Waals surface area contributed by atoms with E-state index in [0.29, 0.717) is 31.1 Å². The standard InChI is InChI=1S/C19H20O4/c1-21-17-10-5-6-11-18(17)22-14-7-15-23-19(20)13-12-16-8-3-2-4-9-16/h2-6,8-13H,7,14-15H2,1H3. The van der Waals surface area contributed by atoms with Crippen LogP contribution in [-0.4, -0.2) is 26.3 Å². The van der Waals surface area contributed by atoms with Gasteiger partial charge in [-0.15, -0.1) is 0 Å². The number of esters is 1. The lowest BCUT2D eigenvalue weighted by atomic mass is 10.2. The number of rotatable bonds is 8. The molecule has 0 N–H and O–H groups in total. The van der Waals surface area contributed by atoms with Crippen LogP contribution in [0.1, 0.15) is 12.0 Å². The molecule has 4 nitrogen and oxygen atoms in total. The second-order valence-electron chi connectivity index (χ2n) is 4.76. The number of hydrogen-bond acceptors (Lipinski definition) is 4. The Morgan fingerprint density at radius 2 is 1.65 bits per heavy atom. The largest absolute Gasteiger partial charge is 0.493 e. The maximum absolute atomic E-state index is 11.6. The zero-order valence-corrected chi connectivity index (χ0v) is 13.1. The van der Waals surface area contributed by atoms with Crippen molar-refractivity contribution in [3.05, 3.63) is 66.2 Å². The van der Waals surface area contributed by atoms with Crippen molar-refractivity contribution in [1.82, 2.24) is 0 Å². The second-order valence-corrected chi connectivity index (χ2v) is 4.76. The maximum Gasteiger partial charge on any atom is 0.330 e. The van der Waals surface area contributed by atoms with Gasteiger partial charge in [-0.2, -0.15) is 0 Å². The summed E-state index contributed by atoms with van der Waals surface area (Å²) in [5.41, 5.74) is 0.962. The van der Waals surface area contributed by atoms with Gasteiger partial charge in [0.2, 0.25) is 0 Å². The van der Waals surface area contributed by atoms with Crippen molar-refractivity contribution in [1.29, 1.82) is 0 Å². The predicted molar refractivity (Wildman–Crippen MR) is 89.5 cm³/mol. The number of carbonyl (C=O) groups is 1. The molecular formula is C19H20O4. The molecule has 120 valence electrons. The van der Waals surface area contributed by atoms with E-state index in [2.05, 4.69) is 0 Å². The summed E-state index contributed by atoms with van der Waals surface area (Å²) in [7, 11) is 1.60. The average molecular weight is 312 g/mol. The third kappa shape index (κ3) is 5.87. The first-order valence-corrected chi connectivity index (χ1v) is 7.45. The number of ether oxygens (including phenoxy) is 3. The Morgan fingerprint density at radius 1 is 0.957 bits per heavy atom. The Hall–Kier alpha value is -2.75. The van der Waals surface area contributed by atoms with E-state index in [4.69, 9.17) is 14.2 Å². The molecule has 0 aliphatic rings. The summed E-state index contributed by atoms with van der Waals surface area (Å²) in [6.07, 6.45) is 3.77. The fourth-order valence-electron chi connectivity index (χ4n) is 1.93. The van der Waals surface area contributed by atoms with Crippen molar-refractivity contribution in [2.24, 2.45) is 0 Å². The second kappa shape index (κ2) is 9.30. The van der Waals surface area contributed by atoms with Crippen LogP contribution < -0.4 is 9.47 Å². The summed E-state index contributed by atoms with van der Waals surface area (Å²) in [6, 6.07) is 17.0. The molecule has 0 unspecified atom stereocenters. The van der Waals surface area contributed by atoms with E-state index in [1.807, 2.05) is 54.6 Å². The van der Waals surface area contributed by atoms with Crippen molar-refractivity contribution in [3.8, 4) is 11.5 Å². The van der Waals surface area contributed by atoms with Gasteiger partial charge in [-0.3, -0.25) is 0 Å². The van der Waals surface area contributed by atoms with Crippen LogP contribution in [0.25, 0.3) is 6.08 Å². The molecule has 2 aromatic carbocycles. The van der Waals surface area contributed by atoms with Gasteiger partial charge in [-0.05, 0) is 23.8 Å². The van der Waals surface area contributed by atoms with Crippen LogP contribution >= 0.6 is 0 Å². The molecule has 0 heterocycles. The first kappa shape index (κ1) is 16.6. The first-order valence-electron chi connectivity index (χ1n) is 7.45. The third-order valence-electron chi connectivity index (χ3n) is 3.07. The highest BCUT2D eigenvalue weighted by Gasteiger charge is 2.02. The lowest BCUT2D eigenvalue weighted by Crippen LogP contribution is -2.07. The van der Waals surface area contributed by atoms with Gasteiger partial charge >= 0.3 is 5.97 Å². The van der Waals surface area contributed by atoms with E-state index < -0.39 is 0 Å².